The van der Waals surface area contributed by atoms with Gasteiger partial charge in [0.2, 0.25) is 0 Å². The smallest absolute Gasteiger partial charge is 0.149 e. The zero-order valence-corrected chi connectivity index (χ0v) is 11.8. The molecule has 1 aliphatic rings. The molecule has 0 bridgehead atoms. The van der Waals surface area contributed by atoms with Gasteiger partial charge >= 0.3 is 0 Å². The SMILES string of the molecule is COC1CCCCC1Nc1cc(Br)c(F)cc1F. The van der Waals surface area contributed by atoms with Crippen molar-refractivity contribution >= 4 is 21.6 Å². The summed E-state index contributed by atoms with van der Waals surface area (Å²) in [4.78, 5) is 0. The van der Waals surface area contributed by atoms with Crippen molar-refractivity contribution in [3.63, 3.8) is 0 Å². The summed E-state index contributed by atoms with van der Waals surface area (Å²) >= 11 is 3.06. The Balaban J connectivity index is 2.15. The van der Waals surface area contributed by atoms with Crippen molar-refractivity contribution in [1.29, 1.82) is 0 Å². The summed E-state index contributed by atoms with van der Waals surface area (Å²) in [6, 6.07) is 2.40. The zero-order chi connectivity index (χ0) is 13.1. The summed E-state index contributed by atoms with van der Waals surface area (Å²) in [5.74, 6) is -1.17. The van der Waals surface area contributed by atoms with Crippen LogP contribution in [0.25, 0.3) is 0 Å². The predicted molar refractivity (Wildman–Crippen MR) is 70.7 cm³/mol. The summed E-state index contributed by atoms with van der Waals surface area (Å²) < 4.78 is 32.5. The van der Waals surface area contributed by atoms with Gasteiger partial charge in [0.05, 0.1) is 22.3 Å². The molecular formula is C13H16BrF2NO. The minimum Gasteiger partial charge on any atom is -0.379 e. The summed E-state index contributed by atoms with van der Waals surface area (Å²) in [6.45, 7) is 0. The van der Waals surface area contributed by atoms with Crippen molar-refractivity contribution in [3.8, 4) is 0 Å². The van der Waals surface area contributed by atoms with Gasteiger partial charge in [0.25, 0.3) is 0 Å². The Bertz CT molecular complexity index is 428. The maximum absolute atomic E-state index is 13.7. The van der Waals surface area contributed by atoms with E-state index >= 15 is 0 Å². The highest BCUT2D eigenvalue weighted by Gasteiger charge is 2.25. The third kappa shape index (κ3) is 3.01. The molecule has 1 fully saturated rings. The number of hydrogen-bond donors (Lipinski definition) is 1. The van der Waals surface area contributed by atoms with Gasteiger partial charge in [-0.15, -0.1) is 0 Å². The standard InChI is InChI=1S/C13H16BrF2NO/c1-18-13-5-3-2-4-11(13)17-12-6-8(14)9(15)7-10(12)16/h6-7,11,13,17H,2-5H2,1H3. The van der Waals surface area contributed by atoms with Gasteiger partial charge in [-0.2, -0.15) is 0 Å². The zero-order valence-electron chi connectivity index (χ0n) is 10.2. The van der Waals surface area contributed by atoms with Gasteiger partial charge in [0, 0.05) is 13.2 Å². The minimum absolute atomic E-state index is 0.0793. The molecule has 5 heteroatoms. The van der Waals surface area contributed by atoms with Crippen molar-refractivity contribution < 1.29 is 13.5 Å². The van der Waals surface area contributed by atoms with Crippen LogP contribution in [0, 0.1) is 11.6 Å². The molecule has 0 saturated heterocycles. The maximum atomic E-state index is 13.7. The second kappa shape index (κ2) is 5.97. The molecule has 1 aliphatic carbocycles. The first-order valence-electron chi connectivity index (χ1n) is 6.05. The first kappa shape index (κ1) is 13.7. The summed E-state index contributed by atoms with van der Waals surface area (Å²) in [6.07, 6.45) is 4.22. The number of ether oxygens (including phenoxy) is 1. The number of anilines is 1. The van der Waals surface area contributed by atoms with Gasteiger partial charge in [-0.25, -0.2) is 8.78 Å². The molecular weight excluding hydrogens is 304 g/mol. The van der Waals surface area contributed by atoms with E-state index in [1.807, 2.05) is 0 Å². The van der Waals surface area contributed by atoms with E-state index in [0.717, 1.165) is 31.7 Å². The number of halogens is 3. The van der Waals surface area contributed by atoms with Crippen molar-refractivity contribution in [3.05, 3.63) is 28.2 Å². The van der Waals surface area contributed by atoms with Crippen molar-refractivity contribution in [2.75, 3.05) is 12.4 Å². The van der Waals surface area contributed by atoms with Crippen molar-refractivity contribution in [2.45, 2.75) is 37.8 Å². The highest BCUT2D eigenvalue weighted by molar-refractivity contribution is 9.10. The number of nitrogens with one attached hydrogen (secondary N) is 1. The van der Waals surface area contributed by atoms with Crippen LogP contribution in [0.3, 0.4) is 0 Å². The Morgan fingerprint density at radius 3 is 2.67 bits per heavy atom. The van der Waals surface area contributed by atoms with E-state index < -0.39 is 11.6 Å². The topological polar surface area (TPSA) is 21.3 Å². The van der Waals surface area contributed by atoms with Gasteiger partial charge in [-0.3, -0.25) is 0 Å². The molecule has 1 aromatic rings. The number of benzene rings is 1. The van der Waals surface area contributed by atoms with Crippen LogP contribution in [-0.2, 0) is 4.74 Å². The fourth-order valence-electron chi connectivity index (χ4n) is 2.38. The Hall–Kier alpha value is -0.680. The minimum atomic E-state index is -0.593. The number of rotatable bonds is 3. The van der Waals surface area contributed by atoms with Crippen LogP contribution in [0.15, 0.2) is 16.6 Å². The van der Waals surface area contributed by atoms with Crippen LogP contribution in [0.5, 0.6) is 0 Å². The van der Waals surface area contributed by atoms with E-state index in [1.165, 1.54) is 6.07 Å². The lowest BCUT2D eigenvalue weighted by atomic mass is 9.92. The summed E-state index contributed by atoms with van der Waals surface area (Å²) in [5.41, 5.74) is 0.317. The van der Waals surface area contributed by atoms with E-state index in [-0.39, 0.29) is 16.6 Å². The molecule has 2 atom stereocenters. The summed E-state index contributed by atoms with van der Waals surface area (Å²) in [5, 5.41) is 3.12. The third-order valence-electron chi connectivity index (χ3n) is 3.36. The largest absolute Gasteiger partial charge is 0.379 e. The molecule has 2 unspecified atom stereocenters. The molecule has 1 N–H and O–H groups in total. The quantitative estimate of drug-likeness (QED) is 0.847. The first-order valence-corrected chi connectivity index (χ1v) is 6.85. The molecule has 0 amide bonds. The Kier molecular flexibility index (Phi) is 4.56. The van der Waals surface area contributed by atoms with Gasteiger partial charge in [-0.05, 0) is 34.8 Å². The van der Waals surface area contributed by atoms with Gasteiger partial charge in [0.15, 0.2) is 0 Å². The van der Waals surface area contributed by atoms with Crippen LogP contribution >= 0.6 is 15.9 Å². The first-order chi connectivity index (χ1) is 8.61. The molecule has 0 heterocycles. The lowest BCUT2D eigenvalue weighted by Gasteiger charge is -2.32. The van der Waals surface area contributed by atoms with Crippen LogP contribution in [-0.4, -0.2) is 19.3 Å². The molecule has 0 aliphatic heterocycles. The highest BCUT2D eigenvalue weighted by Crippen LogP contribution is 2.28. The maximum Gasteiger partial charge on any atom is 0.149 e. The van der Waals surface area contributed by atoms with Crippen molar-refractivity contribution in [1.82, 2.24) is 0 Å². The van der Waals surface area contributed by atoms with E-state index in [1.54, 1.807) is 7.11 Å². The molecule has 0 spiro atoms. The van der Waals surface area contributed by atoms with E-state index in [9.17, 15) is 8.78 Å². The van der Waals surface area contributed by atoms with Gasteiger partial charge in [-0.1, -0.05) is 12.8 Å². The lowest BCUT2D eigenvalue weighted by molar-refractivity contribution is 0.0605. The highest BCUT2D eigenvalue weighted by atomic mass is 79.9. The molecule has 100 valence electrons. The van der Waals surface area contributed by atoms with E-state index in [2.05, 4.69) is 21.2 Å². The number of methoxy groups -OCH3 is 1. The van der Waals surface area contributed by atoms with Crippen molar-refractivity contribution in [2.24, 2.45) is 0 Å². The third-order valence-corrected chi connectivity index (χ3v) is 3.96. The molecule has 1 aromatic carbocycles. The fraction of sp³-hybridized carbons (Fsp3) is 0.538. The molecule has 18 heavy (non-hydrogen) atoms. The second-order valence-electron chi connectivity index (χ2n) is 4.56. The Morgan fingerprint density at radius 1 is 1.22 bits per heavy atom. The van der Waals surface area contributed by atoms with Gasteiger partial charge in [0.1, 0.15) is 11.6 Å². The van der Waals surface area contributed by atoms with E-state index in [0.29, 0.717) is 5.69 Å². The average Bonchev–Trinajstić information content (AvgIpc) is 2.36. The second-order valence-corrected chi connectivity index (χ2v) is 5.41. The van der Waals surface area contributed by atoms with Crippen LogP contribution in [0.1, 0.15) is 25.7 Å². The summed E-state index contributed by atoms with van der Waals surface area (Å²) in [7, 11) is 1.67. The Labute approximate surface area is 114 Å². The normalized spacial score (nSPS) is 24.0. The van der Waals surface area contributed by atoms with Crippen LogP contribution in [0.2, 0.25) is 0 Å². The van der Waals surface area contributed by atoms with Crippen LogP contribution < -0.4 is 5.32 Å². The predicted octanol–water partition coefficient (Wildman–Crippen LogP) is 4.10. The molecule has 2 nitrogen and oxygen atoms in total. The Morgan fingerprint density at radius 2 is 1.94 bits per heavy atom. The molecule has 2 rings (SSSR count). The monoisotopic (exact) mass is 319 g/mol. The van der Waals surface area contributed by atoms with E-state index in [4.69, 9.17) is 4.74 Å². The molecule has 0 aromatic heterocycles. The van der Waals surface area contributed by atoms with Crippen LogP contribution in [0.4, 0.5) is 14.5 Å². The number of hydrogen-bond acceptors (Lipinski definition) is 2. The average molecular weight is 320 g/mol. The molecule has 1 saturated carbocycles. The molecule has 0 radical (unpaired) electrons. The lowest BCUT2D eigenvalue weighted by Crippen LogP contribution is -2.38. The fourth-order valence-corrected chi connectivity index (χ4v) is 2.72. The van der Waals surface area contributed by atoms with Gasteiger partial charge < -0.3 is 10.1 Å².